The van der Waals surface area contributed by atoms with Gasteiger partial charge in [0.15, 0.2) is 17.4 Å². The Morgan fingerprint density at radius 2 is 1.57 bits per heavy atom. The monoisotopic (exact) mass is 484 g/mol. The molecule has 3 aromatic rings. The topological polar surface area (TPSA) is 109 Å². The van der Waals surface area contributed by atoms with Crippen LogP contribution in [0.5, 0.6) is 11.5 Å². The summed E-state index contributed by atoms with van der Waals surface area (Å²) in [7, 11) is 0. The fraction of sp³-hybridized carbons (Fsp3) is 0.167. The minimum absolute atomic E-state index is 0.0910. The fourth-order valence-corrected chi connectivity index (χ4v) is 3.26. The minimum Gasteiger partial charge on any atom is -0.454 e. The van der Waals surface area contributed by atoms with E-state index in [1.807, 2.05) is 0 Å². The summed E-state index contributed by atoms with van der Waals surface area (Å²) >= 11 is 0. The maximum absolute atomic E-state index is 14.7. The first kappa shape index (κ1) is 23.7. The highest BCUT2D eigenvalue weighted by Gasteiger charge is 2.56. The number of amides is 3. The van der Waals surface area contributed by atoms with E-state index in [4.69, 9.17) is 4.74 Å². The van der Waals surface area contributed by atoms with E-state index in [2.05, 4.69) is 20.9 Å². The maximum atomic E-state index is 14.7. The number of halogens is 3. The SMILES string of the molecule is CC(=O)Nc1cc(Oc2cc(F)c(NC(=O)C3(C(=O)Nc4ccc(F)cc4)CC3)cc2F)ccn1. The third-order valence-electron chi connectivity index (χ3n) is 5.25. The second-order valence-corrected chi connectivity index (χ2v) is 7.92. The molecule has 1 fully saturated rings. The fourth-order valence-electron chi connectivity index (χ4n) is 3.26. The van der Waals surface area contributed by atoms with Gasteiger partial charge in [-0.3, -0.25) is 14.4 Å². The molecule has 11 heteroatoms. The predicted molar refractivity (Wildman–Crippen MR) is 120 cm³/mol. The Balaban J connectivity index is 1.46. The summed E-state index contributed by atoms with van der Waals surface area (Å²) in [4.78, 5) is 40.4. The number of hydrogen-bond donors (Lipinski definition) is 3. The Morgan fingerprint density at radius 3 is 2.23 bits per heavy atom. The normalized spacial score (nSPS) is 13.5. The number of anilines is 3. The van der Waals surface area contributed by atoms with Crippen molar-refractivity contribution in [2.45, 2.75) is 19.8 Å². The summed E-state index contributed by atoms with van der Waals surface area (Å²) in [5, 5.41) is 7.24. The van der Waals surface area contributed by atoms with Crippen molar-refractivity contribution in [1.82, 2.24) is 4.98 Å². The Kier molecular flexibility index (Phi) is 6.41. The van der Waals surface area contributed by atoms with Crippen LogP contribution in [0.15, 0.2) is 54.7 Å². The molecule has 1 heterocycles. The van der Waals surface area contributed by atoms with Crippen molar-refractivity contribution in [2.24, 2.45) is 5.41 Å². The average molecular weight is 484 g/mol. The van der Waals surface area contributed by atoms with E-state index in [0.717, 1.165) is 24.3 Å². The molecule has 8 nitrogen and oxygen atoms in total. The molecule has 2 aromatic carbocycles. The van der Waals surface area contributed by atoms with Gasteiger partial charge in [0, 0.05) is 37.0 Å². The molecular weight excluding hydrogens is 465 g/mol. The summed E-state index contributed by atoms with van der Waals surface area (Å²) in [5.41, 5.74) is -1.61. The van der Waals surface area contributed by atoms with Crippen LogP contribution in [-0.4, -0.2) is 22.7 Å². The predicted octanol–water partition coefficient (Wildman–Crippen LogP) is 4.61. The van der Waals surface area contributed by atoms with Gasteiger partial charge in [-0.25, -0.2) is 18.2 Å². The van der Waals surface area contributed by atoms with Gasteiger partial charge in [-0.2, -0.15) is 0 Å². The highest BCUT2D eigenvalue weighted by molar-refractivity contribution is 6.16. The molecule has 1 aliphatic carbocycles. The zero-order valence-corrected chi connectivity index (χ0v) is 18.3. The van der Waals surface area contributed by atoms with E-state index in [-0.39, 0.29) is 30.3 Å². The van der Waals surface area contributed by atoms with Gasteiger partial charge >= 0.3 is 0 Å². The summed E-state index contributed by atoms with van der Waals surface area (Å²) in [6.07, 6.45) is 1.75. The Bertz CT molecular complexity index is 1310. The van der Waals surface area contributed by atoms with E-state index in [9.17, 15) is 27.6 Å². The van der Waals surface area contributed by atoms with Gasteiger partial charge < -0.3 is 20.7 Å². The molecule has 3 N–H and O–H groups in total. The molecule has 0 unspecified atom stereocenters. The lowest BCUT2D eigenvalue weighted by Crippen LogP contribution is -2.35. The van der Waals surface area contributed by atoms with E-state index in [1.54, 1.807) is 0 Å². The van der Waals surface area contributed by atoms with Gasteiger partial charge in [-0.1, -0.05) is 0 Å². The van der Waals surface area contributed by atoms with E-state index in [1.165, 1.54) is 37.4 Å². The van der Waals surface area contributed by atoms with Gasteiger partial charge in [0.2, 0.25) is 17.7 Å². The first-order chi connectivity index (χ1) is 16.7. The lowest BCUT2D eigenvalue weighted by molar-refractivity contribution is -0.131. The second-order valence-electron chi connectivity index (χ2n) is 7.92. The summed E-state index contributed by atoms with van der Waals surface area (Å²) < 4.78 is 47.7. The molecule has 0 radical (unpaired) electrons. The van der Waals surface area contributed by atoms with Crippen LogP contribution in [0.1, 0.15) is 19.8 Å². The first-order valence-electron chi connectivity index (χ1n) is 10.5. The number of carbonyl (C=O) groups is 3. The third kappa shape index (κ3) is 5.40. The van der Waals surface area contributed by atoms with E-state index >= 15 is 0 Å². The lowest BCUT2D eigenvalue weighted by atomic mass is 10.0. The van der Waals surface area contributed by atoms with Crippen molar-refractivity contribution in [3.05, 3.63) is 72.2 Å². The average Bonchev–Trinajstić information content (AvgIpc) is 3.61. The molecule has 0 saturated heterocycles. The van der Waals surface area contributed by atoms with Gasteiger partial charge in [0.05, 0.1) is 5.69 Å². The van der Waals surface area contributed by atoms with Crippen molar-refractivity contribution in [1.29, 1.82) is 0 Å². The number of rotatable bonds is 7. The van der Waals surface area contributed by atoms with Crippen LogP contribution < -0.4 is 20.7 Å². The third-order valence-corrected chi connectivity index (χ3v) is 5.25. The standard InChI is InChI=1S/C24H19F3N4O4/c1-13(32)29-21-10-16(6-9-28-21)35-20-12-17(26)19(11-18(20)27)31-23(34)24(7-8-24)22(33)30-15-4-2-14(25)3-5-15/h2-6,9-12H,7-8H2,1H3,(H,30,33)(H,31,34)(H,28,29,32). The van der Waals surface area contributed by atoms with Crippen molar-refractivity contribution in [3.63, 3.8) is 0 Å². The second kappa shape index (κ2) is 9.45. The van der Waals surface area contributed by atoms with Crippen LogP contribution in [0.25, 0.3) is 0 Å². The summed E-state index contributed by atoms with van der Waals surface area (Å²) in [5.74, 6) is -4.44. The maximum Gasteiger partial charge on any atom is 0.240 e. The quantitative estimate of drug-likeness (QED) is 0.425. The number of ether oxygens (including phenoxy) is 1. The first-order valence-corrected chi connectivity index (χ1v) is 10.5. The van der Waals surface area contributed by atoms with Crippen LogP contribution >= 0.6 is 0 Å². The van der Waals surface area contributed by atoms with Gasteiger partial charge in [-0.05, 0) is 43.2 Å². The van der Waals surface area contributed by atoms with Gasteiger partial charge in [0.1, 0.15) is 22.8 Å². The Hall–Kier alpha value is -4.41. The largest absolute Gasteiger partial charge is 0.454 e. The highest BCUT2D eigenvalue weighted by Crippen LogP contribution is 2.47. The molecule has 1 saturated carbocycles. The molecule has 3 amide bonds. The van der Waals surface area contributed by atoms with E-state index in [0.29, 0.717) is 5.69 Å². The van der Waals surface area contributed by atoms with Crippen LogP contribution in [0, 0.1) is 22.9 Å². The highest BCUT2D eigenvalue weighted by atomic mass is 19.1. The number of pyridine rings is 1. The van der Waals surface area contributed by atoms with Crippen LogP contribution in [0.3, 0.4) is 0 Å². The Labute approximate surface area is 197 Å². The molecule has 0 bridgehead atoms. The molecule has 180 valence electrons. The number of carbonyl (C=O) groups excluding carboxylic acids is 3. The Morgan fingerprint density at radius 1 is 0.886 bits per heavy atom. The molecular formula is C24H19F3N4O4. The zero-order chi connectivity index (χ0) is 25.2. The number of benzene rings is 2. The van der Waals surface area contributed by atoms with Crippen LogP contribution in [0.4, 0.5) is 30.4 Å². The van der Waals surface area contributed by atoms with Crippen molar-refractivity contribution in [3.8, 4) is 11.5 Å². The van der Waals surface area contributed by atoms with Gasteiger partial charge in [-0.15, -0.1) is 0 Å². The summed E-state index contributed by atoms with van der Waals surface area (Å²) in [6.45, 7) is 1.29. The molecule has 0 atom stereocenters. The van der Waals surface area contributed by atoms with Crippen molar-refractivity contribution >= 4 is 34.9 Å². The number of nitrogens with one attached hydrogen (secondary N) is 3. The van der Waals surface area contributed by atoms with Gasteiger partial charge in [0.25, 0.3) is 0 Å². The molecule has 1 aromatic heterocycles. The molecule has 35 heavy (non-hydrogen) atoms. The number of hydrogen-bond acceptors (Lipinski definition) is 5. The molecule has 4 rings (SSSR count). The number of nitrogens with zero attached hydrogens (tertiary/aromatic N) is 1. The minimum atomic E-state index is -1.44. The molecule has 0 spiro atoms. The summed E-state index contributed by atoms with van der Waals surface area (Å²) in [6, 6.07) is 9.20. The van der Waals surface area contributed by atoms with Crippen molar-refractivity contribution in [2.75, 3.05) is 16.0 Å². The van der Waals surface area contributed by atoms with E-state index < -0.39 is 46.1 Å². The zero-order valence-electron chi connectivity index (χ0n) is 18.3. The smallest absolute Gasteiger partial charge is 0.240 e. The number of aromatic nitrogens is 1. The van der Waals surface area contributed by atoms with Crippen molar-refractivity contribution < 1.29 is 32.3 Å². The molecule has 1 aliphatic rings. The van der Waals surface area contributed by atoms with Crippen LogP contribution in [0.2, 0.25) is 0 Å². The lowest BCUT2D eigenvalue weighted by Gasteiger charge is -2.16. The van der Waals surface area contributed by atoms with Crippen LogP contribution in [-0.2, 0) is 14.4 Å². The molecule has 0 aliphatic heterocycles.